The molecule has 2 aromatic heterocycles. The highest BCUT2D eigenvalue weighted by molar-refractivity contribution is 5.81. The fraction of sp³-hybridized carbons (Fsp3) is 0.409. The van der Waals surface area contributed by atoms with Crippen molar-refractivity contribution in [3.05, 3.63) is 48.4 Å². The maximum absolute atomic E-state index is 12.4. The van der Waals surface area contributed by atoms with Gasteiger partial charge in [-0.1, -0.05) is 12.1 Å². The van der Waals surface area contributed by atoms with E-state index in [9.17, 15) is 4.79 Å². The third-order valence-electron chi connectivity index (χ3n) is 5.78. The number of ether oxygens (including phenoxy) is 1. The molecule has 1 saturated heterocycles. The zero-order valence-corrected chi connectivity index (χ0v) is 16.0. The van der Waals surface area contributed by atoms with Crippen LogP contribution in [-0.4, -0.2) is 45.6 Å². The largest absolute Gasteiger partial charge is 0.497 e. The molecular weight excluding hydrogens is 352 g/mol. The molecule has 1 aliphatic carbocycles. The van der Waals surface area contributed by atoms with Crippen LogP contribution in [0.3, 0.4) is 0 Å². The lowest BCUT2D eigenvalue weighted by atomic mass is 9.97. The van der Waals surface area contributed by atoms with Crippen molar-refractivity contribution in [3.63, 3.8) is 0 Å². The van der Waals surface area contributed by atoms with Gasteiger partial charge in [-0.05, 0) is 55.5 Å². The molecule has 0 N–H and O–H groups in total. The SMILES string of the molecule is COc1cccc(-c2ccc3nc([C@@H]4CCCN(C(=O)C5CC5)C4)nn3c2)c1. The number of hydrogen-bond acceptors (Lipinski definition) is 4. The minimum Gasteiger partial charge on any atom is -0.497 e. The number of methoxy groups -OCH3 is 1. The molecule has 3 heterocycles. The molecule has 28 heavy (non-hydrogen) atoms. The maximum Gasteiger partial charge on any atom is 0.225 e. The Morgan fingerprint density at radius 1 is 1.14 bits per heavy atom. The molecule has 1 aliphatic heterocycles. The summed E-state index contributed by atoms with van der Waals surface area (Å²) in [5.74, 6) is 2.50. The number of rotatable bonds is 4. The van der Waals surface area contributed by atoms with E-state index in [4.69, 9.17) is 14.8 Å². The summed E-state index contributed by atoms with van der Waals surface area (Å²) in [5.41, 5.74) is 2.99. The van der Waals surface area contributed by atoms with Gasteiger partial charge < -0.3 is 9.64 Å². The fourth-order valence-corrected chi connectivity index (χ4v) is 4.02. The monoisotopic (exact) mass is 376 g/mol. The normalized spacial score (nSPS) is 19.8. The number of likely N-dealkylation sites (tertiary alicyclic amines) is 1. The van der Waals surface area contributed by atoms with Crippen molar-refractivity contribution in [1.29, 1.82) is 0 Å². The van der Waals surface area contributed by atoms with Crippen molar-refractivity contribution >= 4 is 11.6 Å². The van der Waals surface area contributed by atoms with Gasteiger partial charge in [0.2, 0.25) is 5.91 Å². The Morgan fingerprint density at radius 3 is 2.86 bits per heavy atom. The molecule has 0 unspecified atom stereocenters. The minimum absolute atomic E-state index is 0.219. The smallest absolute Gasteiger partial charge is 0.225 e. The van der Waals surface area contributed by atoms with Crippen molar-refractivity contribution in [2.75, 3.05) is 20.2 Å². The van der Waals surface area contributed by atoms with Crippen LogP contribution in [-0.2, 0) is 4.79 Å². The summed E-state index contributed by atoms with van der Waals surface area (Å²) in [7, 11) is 1.67. The molecule has 0 radical (unpaired) electrons. The maximum atomic E-state index is 12.4. The van der Waals surface area contributed by atoms with Crippen LogP contribution in [0.5, 0.6) is 5.75 Å². The Kier molecular flexibility index (Phi) is 4.26. The summed E-state index contributed by atoms with van der Waals surface area (Å²) in [5, 5.41) is 4.76. The quantitative estimate of drug-likeness (QED) is 0.699. The molecule has 6 nitrogen and oxygen atoms in total. The molecule has 3 aromatic rings. The number of piperidine rings is 1. The second-order valence-corrected chi connectivity index (χ2v) is 7.82. The van der Waals surface area contributed by atoms with Gasteiger partial charge in [-0.2, -0.15) is 5.10 Å². The molecule has 0 bridgehead atoms. The van der Waals surface area contributed by atoms with E-state index in [-0.39, 0.29) is 11.8 Å². The van der Waals surface area contributed by atoms with Gasteiger partial charge in [-0.15, -0.1) is 0 Å². The Balaban J connectivity index is 1.41. The molecule has 1 aromatic carbocycles. The number of pyridine rings is 1. The van der Waals surface area contributed by atoms with E-state index in [1.54, 1.807) is 7.11 Å². The molecule has 0 spiro atoms. The number of fused-ring (bicyclic) bond motifs is 1. The molecule has 1 amide bonds. The van der Waals surface area contributed by atoms with Crippen molar-refractivity contribution in [2.24, 2.45) is 5.92 Å². The second-order valence-electron chi connectivity index (χ2n) is 7.82. The number of benzene rings is 1. The molecule has 2 fully saturated rings. The summed E-state index contributed by atoms with van der Waals surface area (Å²) < 4.78 is 7.18. The van der Waals surface area contributed by atoms with Crippen LogP contribution in [0.2, 0.25) is 0 Å². The molecular formula is C22H24N4O2. The first-order chi connectivity index (χ1) is 13.7. The minimum atomic E-state index is 0.219. The summed E-state index contributed by atoms with van der Waals surface area (Å²) in [6.07, 6.45) is 6.18. The van der Waals surface area contributed by atoms with Gasteiger partial charge in [0.1, 0.15) is 5.75 Å². The van der Waals surface area contributed by atoms with E-state index >= 15 is 0 Å². The first-order valence-corrected chi connectivity index (χ1v) is 10.0. The Morgan fingerprint density at radius 2 is 2.04 bits per heavy atom. The van der Waals surface area contributed by atoms with Crippen molar-refractivity contribution in [2.45, 2.75) is 31.6 Å². The lowest BCUT2D eigenvalue weighted by Crippen LogP contribution is -2.40. The van der Waals surface area contributed by atoms with Gasteiger partial charge in [-0.25, -0.2) is 9.50 Å². The number of amides is 1. The highest BCUT2D eigenvalue weighted by Crippen LogP contribution is 2.34. The second kappa shape index (κ2) is 6.93. The van der Waals surface area contributed by atoms with Crippen LogP contribution >= 0.6 is 0 Å². The summed E-state index contributed by atoms with van der Waals surface area (Å²) in [4.78, 5) is 19.2. The highest BCUT2D eigenvalue weighted by Gasteiger charge is 2.36. The van der Waals surface area contributed by atoms with Gasteiger partial charge >= 0.3 is 0 Å². The third-order valence-corrected chi connectivity index (χ3v) is 5.78. The molecule has 1 atom stereocenters. The molecule has 5 rings (SSSR count). The first-order valence-electron chi connectivity index (χ1n) is 10.0. The van der Waals surface area contributed by atoms with E-state index in [2.05, 4.69) is 12.1 Å². The van der Waals surface area contributed by atoms with Crippen LogP contribution in [0.1, 0.15) is 37.4 Å². The Labute approximate surface area is 164 Å². The summed E-state index contributed by atoms with van der Waals surface area (Å²) >= 11 is 0. The number of nitrogens with zero attached hydrogens (tertiary/aromatic N) is 4. The average molecular weight is 376 g/mol. The van der Waals surface area contributed by atoms with E-state index in [1.807, 2.05) is 39.9 Å². The van der Waals surface area contributed by atoms with Gasteiger partial charge in [0.05, 0.1) is 7.11 Å². The van der Waals surface area contributed by atoms with Gasteiger partial charge in [0.15, 0.2) is 11.5 Å². The van der Waals surface area contributed by atoms with Crippen LogP contribution in [0.15, 0.2) is 42.6 Å². The number of carbonyl (C=O) groups excluding carboxylic acids is 1. The van der Waals surface area contributed by atoms with Gasteiger partial charge in [-0.3, -0.25) is 4.79 Å². The van der Waals surface area contributed by atoms with E-state index in [0.717, 1.165) is 67.1 Å². The predicted octanol–water partition coefficient (Wildman–Crippen LogP) is 3.52. The number of hydrogen-bond donors (Lipinski definition) is 0. The number of aromatic nitrogens is 3. The first kappa shape index (κ1) is 17.2. The van der Waals surface area contributed by atoms with Crippen molar-refractivity contribution in [1.82, 2.24) is 19.5 Å². The Bertz CT molecular complexity index is 1020. The Hall–Kier alpha value is -2.89. The topological polar surface area (TPSA) is 59.7 Å². The molecule has 2 aliphatic rings. The molecule has 1 saturated carbocycles. The third kappa shape index (κ3) is 3.23. The number of carbonyl (C=O) groups is 1. The summed E-state index contributed by atoms with van der Waals surface area (Å²) in [6.45, 7) is 1.62. The van der Waals surface area contributed by atoms with Crippen LogP contribution in [0, 0.1) is 5.92 Å². The van der Waals surface area contributed by atoms with Gasteiger partial charge in [0.25, 0.3) is 0 Å². The lowest BCUT2D eigenvalue weighted by molar-refractivity contribution is -0.133. The molecule has 144 valence electrons. The van der Waals surface area contributed by atoms with Crippen LogP contribution in [0.4, 0.5) is 0 Å². The summed E-state index contributed by atoms with van der Waals surface area (Å²) in [6, 6.07) is 12.1. The standard InChI is InChI=1S/C22H24N4O2/c1-28-19-6-2-4-16(12-19)17-9-10-20-23-21(24-26(20)14-17)18-5-3-11-25(13-18)22(27)15-7-8-15/h2,4,6,9-10,12,14-15,18H,3,5,7-8,11,13H2,1H3/t18-/m1/s1. The van der Waals surface area contributed by atoms with Crippen molar-refractivity contribution in [3.8, 4) is 16.9 Å². The van der Waals surface area contributed by atoms with E-state index in [1.165, 1.54) is 0 Å². The fourth-order valence-electron chi connectivity index (χ4n) is 4.02. The zero-order chi connectivity index (χ0) is 19.1. The highest BCUT2D eigenvalue weighted by atomic mass is 16.5. The average Bonchev–Trinajstić information content (AvgIpc) is 3.51. The van der Waals surface area contributed by atoms with Crippen molar-refractivity contribution < 1.29 is 9.53 Å². The lowest BCUT2D eigenvalue weighted by Gasteiger charge is -2.31. The molecule has 6 heteroatoms. The zero-order valence-electron chi connectivity index (χ0n) is 16.0. The van der Waals surface area contributed by atoms with Gasteiger partial charge in [0, 0.05) is 36.7 Å². The van der Waals surface area contributed by atoms with E-state index < -0.39 is 0 Å². The predicted molar refractivity (Wildman–Crippen MR) is 106 cm³/mol. The van der Waals surface area contributed by atoms with Crippen LogP contribution in [0.25, 0.3) is 16.8 Å². The van der Waals surface area contributed by atoms with Crippen LogP contribution < -0.4 is 4.74 Å². The van der Waals surface area contributed by atoms with E-state index in [0.29, 0.717) is 5.91 Å².